The van der Waals surface area contributed by atoms with Crippen molar-refractivity contribution in [1.29, 1.82) is 0 Å². The molecule has 0 unspecified atom stereocenters. The molecule has 0 spiro atoms. The molecule has 2 heterocycles. The molecule has 0 saturated heterocycles. The molecule has 0 radical (unpaired) electrons. The number of sulfonamides is 1. The highest BCUT2D eigenvalue weighted by atomic mass is 32.2. The average Bonchev–Trinajstić information content (AvgIpc) is 3.09. The number of thiazole rings is 1. The summed E-state index contributed by atoms with van der Waals surface area (Å²) < 4.78 is 22.4. The van der Waals surface area contributed by atoms with Crippen LogP contribution in [0, 0.1) is 0 Å². The lowest BCUT2D eigenvalue weighted by atomic mass is 10.2. The second-order valence-electron chi connectivity index (χ2n) is 5.52. The maximum Gasteiger partial charge on any atom is 0.238 e. The molecule has 3 rings (SSSR count). The van der Waals surface area contributed by atoms with E-state index in [0.717, 1.165) is 16.1 Å². The Labute approximate surface area is 155 Å². The van der Waals surface area contributed by atoms with E-state index in [4.69, 9.17) is 5.14 Å². The summed E-state index contributed by atoms with van der Waals surface area (Å²) in [5.41, 5.74) is 2.44. The van der Waals surface area contributed by atoms with Crippen molar-refractivity contribution in [2.24, 2.45) is 5.14 Å². The zero-order valence-corrected chi connectivity index (χ0v) is 15.3. The Bertz CT molecular complexity index is 1000. The van der Waals surface area contributed by atoms with E-state index in [1.807, 2.05) is 17.5 Å². The fourth-order valence-electron chi connectivity index (χ4n) is 2.24. The summed E-state index contributed by atoms with van der Waals surface area (Å²) in [5, 5.41) is 10.5. The Balaban J connectivity index is 1.55. The minimum absolute atomic E-state index is 0.0405. The second-order valence-corrected chi connectivity index (χ2v) is 7.94. The molecule has 0 saturated carbocycles. The maximum absolute atomic E-state index is 12.1. The summed E-state index contributed by atoms with van der Waals surface area (Å²) in [6, 6.07) is 9.80. The molecular weight excluding hydrogens is 372 g/mol. The molecule has 3 aromatic rings. The van der Waals surface area contributed by atoms with Crippen LogP contribution in [0.5, 0.6) is 0 Å². The fourth-order valence-corrected chi connectivity index (χ4v) is 3.58. The van der Waals surface area contributed by atoms with Gasteiger partial charge in [-0.1, -0.05) is 12.1 Å². The normalized spacial score (nSPS) is 11.3. The van der Waals surface area contributed by atoms with Gasteiger partial charge in [0.05, 0.1) is 17.0 Å². The summed E-state index contributed by atoms with van der Waals surface area (Å²) in [4.78, 5) is 20.6. The minimum Gasteiger partial charge on any atom is -0.352 e. The van der Waals surface area contributed by atoms with Gasteiger partial charge < -0.3 is 5.32 Å². The standard InChI is InChI=1S/C17H16N4O3S2/c18-26(23,24)15-3-1-12(2-4-15)10-20-16(22)9-14-11-25-17(21-14)13-5-7-19-8-6-13/h1-8,11H,9-10H2,(H,20,22)(H2,18,23,24). The number of rotatable bonds is 6. The number of carbonyl (C=O) groups excluding carboxylic acids is 1. The Kier molecular flexibility index (Phi) is 5.40. The number of amides is 1. The van der Waals surface area contributed by atoms with Gasteiger partial charge in [-0.15, -0.1) is 11.3 Å². The van der Waals surface area contributed by atoms with Gasteiger partial charge >= 0.3 is 0 Å². The summed E-state index contributed by atoms with van der Waals surface area (Å²) >= 11 is 1.48. The first kappa shape index (κ1) is 18.2. The third-order valence-corrected chi connectivity index (χ3v) is 5.43. The number of carbonyl (C=O) groups is 1. The summed E-state index contributed by atoms with van der Waals surface area (Å²) in [6.45, 7) is 0.297. The smallest absolute Gasteiger partial charge is 0.238 e. The average molecular weight is 388 g/mol. The molecule has 1 aromatic carbocycles. The van der Waals surface area contributed by atoms with Gasteiger partial charge in [0.15, 0.2) is 0 Å². The molecule has 0 aliphatic rings. The number of hydrogen-bond donors (Lipinski definition) is 2. The summed E-state index contributed by atoms with van der Waals surface area (Å²) in [5.74, 6) is -0.160. The monoisotopic (exact) mass is 388 g/mol. The molecule has 134 valence electrons. The molecule has 0 fully saturated rings. The Morgan fingerprint density at radius 2 is 1.81 bits per heavy atom. The van der Waals surface area contributed by atoms with Crippen molar-refractivity contribution in [2.45, 2.75) is 17.9 Å². The predicted octanol–water partition coefficient (Wildman–Crippen LogP) is 1.71. The highest BCUT2D eigenvalue weighted by Gasteiger charge is 2.10. The van der Waals surface area contributed by atoms with Crippen LogP contribution in [-0.4, -0.2) is 24.3 Å². The molecule has 0 aliphatic heterocycles. The van der Waals surface area contributed by atoms with E-state index in [1.165, 1.54) is 23.5 Å². The number of nitrogens with zero attached hydrogens (tertiary/aromatic N) is 2. The van der Waals surface area contributed by atoms with Crippen LogP contribution in [-0.2, 0) is 27.8 Å². The number of nitrogens with two attached hydrogens (primary N) is 1. The Hall–Kier alpha value is -2.62. The highest BCUT2D eigenvalue weighted by Crippen LogP contribution is 2.23. The van der Waals surface area contributed by atoms with Gasteiger partial charge in [0.2, 0.25) is 15.9 Å². The highest BCUT2D eigenvalue weighted by molar-refractivity contribution is 7.89. The van der Waals surface area contributed by atoms with Crippen molar-refractivity contribution < 1.29 is 13.2 Å². The number of hydrogen-bond acceptors (Lipinski definition) is 6. The number of benzene rings is 1. The van der Waals surface area contributed by atoms with Crippen LogP contribution >= 0.6 is 11.3 Å². The zero-order valence-electron chi connectivity index (χ0n) is 13.6. The van der Waals surface area contributed by atoms with Crippen LogP contribution in [0.15, 0.2) is 59.1 Å². The number of nitrogens with one attached hydrogen (secondary N) is 1. The maximum atomic E-state index is 12.1. The largest absolute Gasteiger partial charge is 0.352 e. The second kappa shape index (κ2) is 7.73. The van der Waals surface area contributed by atoms with Gasteiger partial charge in [0.1, 0.15) is 5.01 Å². The van der Waals surface area contributed by atoms with Gasteiger partial charge in [-0.2, -0.15) is 0 Å². The van der Waals surface area contributed by atoms with E-state index >= 15 is 0 Å². The van der Waals surface area contributed by atoms with E-state index in [0.29, 0.717) is 12.2 Å². The minimum atomic E-state index is -3.71. The van der Waals surface area contributed by atoms with Gasteiger partial charge in [-0.05, 0) is 29.8 Å². The molecular formula is C17H16N4O3S2. The number of aromatic nitrogens is 2. The third-order valence-electron chi connectivity index (χ3n) is 3.56. The lowest BCUT2D eigenvalue weighted by Crippen LogP contribution is -2.24. The lowest BCUT2D eigenvalue weighted by molar-refractivity contribution is -0.120. The zero-order chi connectivity index (χ0) is 18.6. The van der Waals surface area contributed by atoms with Gasteiger partial charge in [-0.25, -0.2) is 18.5 Å². The number of pyridine rings is 1. The van der Waals surface area contributed by atoms with Gasteiger partial charge in [0.25, 0.3) is 0 Å². The van der Waals surface area contributed by atoms with Crippen molar-refractivity contribution in [2.75, 3.05) is 0 Å². The molecule has 7 nitrogen and oxygen atoms in total. The van der Waals surface area contributed by atoms with E-state index < -0.39 is 10.0 Å². The van der Waals surface area contributed by atoms with Crippen molar-refractivity contribution in [3.8, 4) is 10.6 Å². The van der Waals surface area contributed by atoms with Crippen LogP contribution < -0.4 is 10.5 Å². The molecule has 3 N–H and O–H groups in total. The van der Waals surface area contributed by atoms with Crippen LogP contribution in [0.1, 0.15) is 11.3 Å². The number of primary sulfonamides is 1. The summed E-state index contributed by atoms with van der Waals surface area (Å²) in [7, 11) is -3.71. The Morgan fingerprint density at radius 1 is 1.12 bits per heavy atom. The van der Waals surface area contributed by atoms with E-state index in [9.17, 15) is 13.2 Å². The van der Waals surface area contributed by atoms with Crippen molar-refractivity contribution in [3.05, 3.63) is 65.4 Å². The molecule has 0 bridgehead atoms. The van der Waals surface area contributed by atoms with Crippen molar-refractivity contribution in [1.82, 2.24) is 15.3 Å². The quantitative estimate of drug-likeness (QED) is 0.667. The fraction of sp³-hybridized carbons (Fsp3) is 0.118. The first-order valence-electron chi connectivity index (χ1n) is 7.65. The molecule has 0 aliphatic carbocycles. The van der Waals surface area contributed by atoms with Crippen LogP contribution in [0.3, 0.4) is 0 Å². The molecule has 26 heavy (non-hydrogen) atoms. The van der Waals surface area contributed by atoms with E-state index in [-0.39, 0.29) is 17.2 Å². The predicted molar refractivity (Wildman–Crippen MR) is 98.7 cm³/mol. The van der Waals surface area contributed by atoms with Crippen LogP contribution in [0.4, 0.5) is 0 Å². The molecule has 2 aromatic heterocycles. The molecule has 1 amide bonds. The van der Waals surface area contributed by atoms with Crippen LogP contribution in [0.2, 0.25) is 0 Å². The van der Waals surface area contributed by atoms with Crippen molar-refractivity contribution >= 4 is 27.3 Å². The molecule has 0 atom stereocenters. The van der Waals surface area contributed by atoms with Gasteiger partial charge in [-0.3, -0.25) is 9.78 Å². The topological polar surface area (TPSA) is 115 Å². The first-order valence-corrected chi connectivity index (χ1v) is 10.1. The third kappa shape index (κ3) is 4.72. The van der Waals surface area contributed by atoms with Crippen LogP contribution in [0.25, 0.3) is 10.6 Å². The van der Waals surface area contributed by atoms with E-state index in [1.54, 1.807) is 24.5 Å². The Morgan fingerprint density at radius 3 is 2.46 bits per heavy atom. The SMILES string of the molecule is NS(=O)(=O)c1ccc(CNC(=O)Cc2csc(-c3ccncc3)n2)cc1. The van der Waals surface area contributed by atoms with E-state index in [2.05, 4.69) is 15.3 Å². The van der Waals surface area contributed by atoms with Crippen molar-refractivity contribution in [3.63, 3.8) is 0 Å². The lowest BCUT2D eigenvalue weighted by Gasteiger charge is -2.05. The summed E-state index contributed by atoms with van der Waals surface area (Å²) in [6.07, 6.45) is 3.57. The first-order chi connectivity index (χ1) is 12.4. The van der Waals surface area contributed by atoms with Gasteiger partial charge in [0, 0.05) is 29.9 Å². The molecule has 9 heteroatoms.